The lowest BCUT2D eigenvalue weighted by Gasteiger charge is -2.58. The highest BCUT2D eigenvalue weighted by Crippen LogP contribution is 2.67. The number of allylic oxidation sites excluding steroid dienone is 1. The molecule has 0 spiro atoms. The number of hydrogen-bond acceptors (Lipinski definition) is 5. The van der Waals surface area contributed by atoms with Crippen molar-refractivity contribution in [2.45, 2.75) is 131 Å². The maximum atomic E-state index is 13.0. The van der Waals surface area contributed by atoms with E-state index in [4.69, 9.17) is 25.5 Å². The minimum atomic E-state index is -0.382. The number of aryl methyl sites for hydroxylation is 1. The maximum absolute atomic E-state index is 13.0. The third-order valence-corrected chi connectivity index (χ3v) is 14.2. The third kappa shape index (κ3) is 5.99. The molecule has 5 nitrogen and oxygen atoms in total. The molecule has 6 heteroatoms. The third-order valence-electron chi connectivity index (χ3n) is 13.9. The Balaban J connectivity index is 0.966. The summed E-state index contributed by atoms with van der Waals surface area (Å²) in [5, 5.41) is 1.26. The van der Waals surface area contributed by atoms with Gasteiger partial charge in [0.15, 0.2) is 6.61 Å². The Morgan fingerprint density at radius 1 is 1.02 bits per heavy atom. The fourth-order valence-electron chi connectivity index (χ4n) is 11.5. The molecule has 0 N–H and O–H groups in total. The molecule has 0 aliphatic heterocycles. The molecule has 47 heavy (non-hydrogen) atoms. The molecule has 0 bridgehead atoms. The molecule has 0 unspecified atom stereocenters. The zero-order chi connectivity index (χ0) is 33.1. The number of carbonyl (C=O) groups excluding carboxylic acids is 1. The fraction of sp³-hybridized carbons (Fsp3) is 0.707. The molecule has 7 rings (SSSR count). The summed E-state index contributed by atoms with van der Waals surface area (Å²) in [7, 11) is 0. The van der Waals surface area contributed by atoms with Crippen molar-refractivity contribution in [3.63, 3.8) is 0 Å². The summed E-state index contributed by atoms with van der Waals surface area (Å²) in [4.78, 5) is 25.4. The SMILES string of the molecule is CC(C)CCC[C@@H](C)[C@H]1CC[C@@H]2[C@H]3CC=C4C[C@@H](OC(=O)COc5cc6oc(=O)c7c(c6cc5Cl)CCC7)CC[C@]4(C)[C@@H]3CC[C@@]21C. The highest BCUT2D eigenvalue weighted by Gasteiger charge is 2.59. The van der Waals surface area contributed by atoms with Crippen molar-refractivity contribution in [2.75, 3.05) is 6.61 Å². The fourth-order valence-corrected chi connectivity index (χ4v) is 11.7. The first-order valence-corrected chi connectivity index (χ1v) is 19.2. The summed E-state index contributed by atoms with van der Waals surface area (Å²) >= 11 is 6.56. The second-order valence-electron chi connectivity index (χ2n) is 16.9. The summed E-state index contributed by atoms with van der Waals surface area (Å²) in [6.45, 7) is 12.2. The van der Waals surface area contributed by atoms with Crippen LogP contribution in [0.5, 0.6) is 5.75 Å². The van der Waals surface area contributed by atoms with Gasteiger partial charge in [0.1, 0.15) is 17.4 Å². The first kappa shape index (κ1) is 33.2. The minimum Gasteiger partial charge on any atom is -0.480 e. The molecule has 5 aliphatic carbocycles. The van der Waals surface area contributed by atoms with Gasteiger partial charge in [-0.05, 0) is 122 Å². The second-order valence-corrected chi connectivity index (χ2v) is 17.3. The summed E-state index contributed by atoms with van der Waals surface area (Å²) in [5.41, 5.74) is 4.16. The smallest absolute Gasteiger partial charge is 0.344 e. The zero-order valence-corrected chi connectivity index (χ0v) is 30.1. The molecule has 3 fully saturated rings. The van der Waals surface area contributed by atoms with Crippen molar-refractivity contribution in [1.82, 2.24) is 0 Å². The standard InChI is InChI=1S/C41H55ClO5/c1-24(2)8-6-9-25(3)32-14-15-33-30-13-12-26-20-27(16-18-40(26,4)34(30)17-19-41(32,33)5)46-38(43)23-45-37-22-36-31(21-35(37)42)28-10-7-11-29(28)39(44)47-36/h12,21-22,24-25,27,30,32-34H,6-11,13-20,23H2,1-5H3/t25-,27+,30-,32-,33-,34-,40+,41-/m1/s1. The number of esters is 1. The van der Waals surface area contributed by atoms with E-state index in [9.17, 15) is 9.59 Å². The summed E-state index contributed by atoms with van der Waals surface area (Å²) in [6.07, 6.45) is 18.6. The van der Waals surface area contributed by atoms with Gasteiger partial charge in [-0.15, -0.1) is 0 Å². The van der Waals surface area contributed by atoms with Crippen molar-refractivity contribution in [1.29, 1.82) is 0 Å². The van der Waals surface area contributed by atoms with Crippen molar-refractivity contribution in [3.05, 3.63) is 50.4 Å². The lowest BCUT2D eigenvalue weighted by molar-refractivity contribution is -0.153. The molecule has 256 valence electrons. The predicted molar refractivity (Wildman–Crippen MR) is 188 cm³/mol. The Hall–Kier alpha value is -2.27. The monoisotopic (exact) mass is 662 g/mol. The molecule has 1 aromatic heterocycles. The van der Waals surface area contributed by atoms with Crippen LogP contribution in [0.15, 0.2) is 33.0 Å². The van der Waals surface area contributed by atoms with Crippen LogP contribution in [-0.2, 0) is 22.4 Å². The van der Waals surface area contributed by atoms with Crippen LogP contribution >= 0.6 is 11.6 Å². The Kier molecular flexibility index (Phi) is 9.11. The Morgan fingerprint density at radius 3 is 2.64 bits per heavy atom. The Morgan fingerprint density at radius 2 is 1.83 bits per heavy atom. The highest BCUT2D eigenvalue weighted by atomic mass is 35.5. The van der Waals surface area contributed by atoms with Gasteiger partial charge in [-0.2, -0.15) is 0 Å². The molecule has 0 saturated heterocycles. The first-order valence-electron chi connectivity index (χ1n) is 18.8. The summed E-state index contributed by atoms with van der Waals surface area (Å²) < 4.78 is 17.4. The number of carbonyl (C=O) groups is 1. The maximum Gasteiger partial charge on any atom is 0.344 e. The summed E-state index contributed by atoms with van der Waals surface area (Å²) in [5.74, 6) is 4.84. The molecule has 1 heterocycles. The normalized spacial score (nSPS) is 33.5. The Labute approximate surface area is 286 Å². The second kappa shape index (κ2) is 12.9. The van der Waals surface area contributed by atoms with E-state index in [0.717, 1.165) is 90.5 Å². The largest absolute Gasteiger partial charge is 0.480 e. The molecular weight excluding hydrogens is 608 g/mol. The van der Waals surface area contributed by atoms with Crippen molar-refractivity contribution in [3.8, 4) is 5.75 Å². The van der Waals surface area contributed by atoms with Gasteiger partial charge < -0.3 is 13.9 Å². The van der Waals surface area contributed by atoms with Gasteiger partial charge in [0, 0.05) is 23.4 Å². The van der Waals surface area contributed by atoms with Gasteiger partial charge in [0.25, 0.3) is 0 Å². The van der Waals surface area contributed by atoms with E-state index >= 15 is 0 Å². The van der Waals surface area contributed by atoms with E-state index in [1.807, 2.05) is 0 Å². The van der Waals surface area contributed by atoms with Gasteiger partial charge in [0.2, 0.25) is 0 Å². The van der Waals surface area contributed by atoms with Gasteiger partial charge in [-0.3, -0.25) is 0 Å². The number of benzene rings is 1. The first-order chi connectivity index (χ1) is 22.5. The van der Waals surface area contributed by atoms with Crippen LogP contribution in [0.25, 0.3) is 11.0 Å². The minimum absolute atomic E-state index is 0.119. The molecule has 0 radical (unpaired) electrons. The van der Waals surface area contributed by atoms with Crippen LogP contribution < -0.4 is 10.4 Å². The van der Waals surface area contributed by atoms with Gasteiger partial charge in [0.05, 0.1) is 5.02 Å². The molecular formula is C41H55ClO5. The van der Waals surface area contributed by atoms with E-state index in [-0.39, 0.29) is 29.7 Å². The van der Waals surface area contributed by atoms with Crippen molar-refractivity contribution < 1.29 is 18.7 Å². The average Bonchev–Trinajstić information content (AvgIpc) is 3.66. The topological polar surface area (TPSA) is 65.7 Å². The number of ether oxygens (including phenoxy) is 2. The predicted octanol–water partition coefficient (Wildman–Crippen LogP) is 10.3. The van der Waals surface area contributed by atoms with Crippen molar-refractivity contribution in [2.24, 2.45) is 46.3 Å². The summed E-state index contributed by atoms with van der Waals surface area (Å²) in [6, 6.07) is 3.43. The Bertz CT molecular complexity index is 1600. The molecule has 1 aromatic carbocycles. The van der Waals surface area contributed by atoms with Crippen LogP contribution in [-0.4, -0.2) is 18.7 Å². The van der Waals surface area contributed by atoms with E-state index in [0.29, 0.717) is 21.8 Å². The van der Waals surface area contributed by atoms with Crippen LogP contribution in [0, 0.1) is 46.3 Å². The molecule has 5 aliphatic rings. The number of halogens is 1. The molecule has 3 saturated carbocycles. The van der Waals surface area contributed by atoms with Gasteiger partial charge in [-0.25, -0.2) is 9.59 Å². The number of fused-ring (bicyclic) bond motifs is 8. The van der Waals surface area contributed by atoms with Gasteiger partial charge >= 0.3 is 11.6 Å². The van der Waals surface area contributed by atoms with Crippen LogP contribution in [0.4, 0.5) is 0 Å². The van der Waals surface area contributed by atoms with Crippen molar-refractivity contribution >= 4 is 28.5 Å². The molecule has 2 aromatic rings. The van der Waals surface area contributed by atoms with E-state index in [2.05, 4.69) is 40.7 Å². The van der Waals surface area contributed by atoms with E-state index in [1.54, 1.807) is 12.1 Å². The number of hydrogen-bond donors (Lipinski definition) is 0. The lowest BCUT2D eigenvalue weighted by atomic mass is 9.47. The number of rotatable bonds is 9. The zero-order valence-electron chi connectivity index (χ0n) is 29.3. The average molecular weight is 663 g/mol. The molecule has 0 amide bonds. The van der Waals surface area contributed by atoms with E-state index < -0.39 is 0 Å². The quantitative estimate of drug-likeness (QED) is 0.152. The van der Waals surface area contributed by atoms with Crippen LogP contribution in [0.3, 0.4) is 0 Å². The van der Waals surface area contributed by atoms with Crippen LogP contribution in [0.2, 0.25) is 5.02 Å². The van der Waals surface area contributed by atoms with E-state index in [1.165, 1.54) is 56.9 Å². The lowest BCUT2D eigenvalue weighted by Crippen LogP contribution is -2.51. The highest BCUT2D eigenvalue weighted by molar-refractivity contribution is 6.32. The van der Waals surface area contributed by atoms with Gasteiger partial charge in [-0.1, -0.05) is 77.1 Å². The molecule has 8 atom stereocenters. The van der Waals surface area contributed by atoms with Crippen LogP contribution in [0.1, 0.15) is 123 Å².